The largest absolute Gasteiger partial charge is 0.455 e. The van der Waals surface area contributed by atoms with Crippen molar-refractivity contribution in [3.63, 3.8) is 0 Å². The monoisotopic (exact) mass is 351 g/mol. The maximum absolute atomic E-state index is 13.8. The number of benzene rings is 1. The molecule has 0 amide bonds. The normalized spacial score (nSPS) is 15.6. The van der Waals surface area contributed by atoms with Crippen LogP contribution in [0.4, 0.5) is 8.78 Å². The first-order valence-corrected chi connectivity index (χ1v) is 8.33. The molecule has 0 fully saturated rings. The van der Waals surface area contributed by atoms with E-state index in [2.05, 4.69) is 4.98 Å². The van der Waals surface area contributed by atoms with E-state index in [9.17, 15) is 17.2 Å². The van der Waals surface area contributed by atoms with Crippen LogP contribution in [0.1, 0.15) is 16.7 Å². The lowest BCUT2D eigenvalue weighted by molar-refractivity contribution is 0.0125. The lowest BCUT2D eigenvalue weighted by Crippen LogP contribution is -2.17. The van der Waals surface area contributed by atoms with Crippen molar-refractivity contribution >= 4 is 10.0 Å². The molecule has 0 unspecified atom stereocenters. The Balaban J connectivity index is 2.08. The number of rotatable bonds is 3. The van der Waals surface area contributed by atoms with Crippen molar-refractivity contribution in [3.8, 4) is 17.6 Å². The second kappa shape index (κ2) is 5.51. The van der Waals surface area contributed by atoms with E-state index < -0.39 is 28.8 Å². The average molecular weight is 351 g/mol. The molecule has 0 saturated heterocycles. The summed E-state index contributed by atoms with van der Waals surface area (Å²) in [5.74, 6) is -2.80. The first kappa shape index (κ1) is 16.3. The van der Waals surface area contributed by atoms with Crippen molar-refractivity contribution in [2.75, 3.05) is 0 Å². The Labute approximate surface area is 136 Å². The number of ether oxygens (including phenoxy) is 1. The summed E-state index contributed by atoms with van der Waals surface area (Å²) < 4.78 is 56.3. The van der Waals surface area contributed by atoms with Crippen molar-refractivity contribution in [2.24, 2.45) is 5.14 Å². The molecule has 0 aliphatic heterocycles. The van der Waals surface area contributed by atoms with Gasteiger partial charge < -0.3 is 4.74 Å². The number of aromatic nitrogens is 1. The number of nitrogens with two attached hydrogens (primary N) is 1. The van der Waals surface area contributed by atoms with Crippen LogP contribution in [0.25, 0.3) is 0 Å². The highest BCUT2D eigenvalue weighted by molar-refractivity contribution is 7.89. The summed E-state index contributed by atoms with van der Waals surface area (Å²) in [6, 6.07) is 5.71. The molecule has 3 rings (SSSR count). The van der Waals surface area contributed by atoms with Gasteiger partial charge in [-0.2, -0.15) is 5.26 Å². The number of pyridine rings is 1. The number of alkyl halides is 2. The lowest BCUT2D eigenvalue weighted by atomic mass is 10.1. The van der Waals surface area contributed by atoms with E-state index in [0.29, 0.717) is 0 Å². The van der Waals surface area contributed by atoms with Gasteiger partial charge in [0.15, 0.2) is 0 Å². The van der Waals surface area contributed by atoms with Crippen molar-refractivity contribution in [2.45, 2.75) is 23.7 Å². The molecule has 0 saturated carbocycles. The molecule has 9 heteroatoms. The smallest absolute Gasteiger partial charge is 0.256 e. The molecule has 1 aromatic heterocycles. The fraction of sp³-hybridized carbons (Fsp3) is 0.200. The second-order valence-corrected chi connectivity index (χ2v) is 6.93. The first-order chi connectivity index (χ1) is 11.2. The Hall–Kier alpha value is -2.57. The molecule has 2 aromatic rings. The number of hydrogen-bond acceptors (Lipinski definition) is 5. The zero-order valence-corrected chi connectivity index (χ0v) is 13.0. The Morgan fingerprint density at radius 2 is 1.96 bits per heavy atom. The third kappa shape index (κ3) is 3.06. The predicted octanol–water partition coefficient (Wildman–Crippen LogP) is 2.13. The molecule has 1 heterocycles. The number of fused-ring (bicyclic) bond motifs is 1. The number of primary sulfonamides is 1. The van der Waals surface area contributed by atoms with E-state index in [1.54, 1.807) is 0 Å². The summed E-state index contributed by atoms with van der Waals surface area (Å²) in [4.78, 5) is 3.49. The molecule has 0 radical (unpaired) electrons. The van der Waals surface area contributed by atoms with E-state index in [0.717, 1.165) is 6.07 Å². The fourth-order valence-corrected chi connectivity index (χ4v) is 3.44. The SMILES string of the molecule is N#Cc1cncc(Oc2ccc(S(N)(=O)=O)c3c2CC(F)(F)C3)c1. The molecular formula is C15H11F2N3O3S. The molecule has 0 atom stereocenters. The van der Waals surface area contributed by atoms with Crippen molar-refractivity contribution < 1.29 is 21.9 Å². The van der Waals surface area contributed by atoms with Crippen molar-refractivity contribution in [1.82, 2.24) is 4.98 Å². The number of hydrogen-bond donors (Lipinski definition) is 1. The molecule has 6 nitrogen and oxygen atoms in total. The maximum atomic E-state index is 13.8. The highest BCUT2D eigenvalue weighted by atomic mass is 32.2. The number of sulfonamides is 1. The van der Waals surface area contributed by atoms with Gasteiger partial charge in [-0.05, 0) is 17.7 Å². The molecule has 1 aliphatic carbocycles. The van der Waals surface area contributed by atoms with E-state index in [1.165, 1.54) is 24.5 Å². The summed E-state index contributed by atoms with van der Waals surface area (Å²) in [6.07, 6.45) is 1.29. The zero-order chi connectivity index (χ0) is 17.5. The molecule has 2 N–H and O–H groups in total. The second-order valence-electron chi connectivity index (χ2n) is 5.40. The van der Waals surface area contributed by atoms with Crippen LogP contribution in [0.5, 0.6) is 11.5 Å². The standard InChI is InChI=1S/C15H11F2N3O3S/c16-15(17)4-11-12(5-15)14(24(19,21)22)2-1-13(11)23-10-3-9(6-18)7-20-8-10/h1-3,7-8H,4-5H2,(H2,19,21,22). The molecule has 24 heavy (non-hydrogen) atoms. The Morgan fingerprint density at radius 3 is 2.62 bits per heavy atom. The Bertz CT molecular complexity index is 968. The quantitative estimate of drug-likeness (QED) is 0.912. The average Bonchev–Trinajstić information content (AvgIpc) is 2.81. The minimum absolute atomic E-state index is 0.0376. The van der Waals surface area contributed by atoms with Crippen LogP contribution in [-0.4, -0.2) is 19.3 Å². The van der Waals surface area contributed by atoms with Crippen molar-refractivity contribution in [3.05, 3.63) is 47.3 Å². The lowest BCUT2D eigenvalue weighted by Gasteiger charge is -2.12. The molecule has 1 aliphatic rings. The molecule has 0 spiro atoms. The van der Waals surface area contributed by atoms with Crippen LogP contribution in [-0.2, 0) is 22.9 Å². The fourth-order valence-electron chi connectivity index (χ4n) is 2.64. The van der Waals surface area contributed by atoms with Gasteiger partial charge >= 0.3 is 0 Å². The minimum atomic E-state index is -4.12. The third-order valence-electron chi connectivity index (χ3n) is 3.59. The van der Waals surface area contributed by atoms with E-state index in [4.69, 9.17) is 15.1 Å². The zero-order valence-electron chi connectivity index (χ0n) is 12.2. The first-order valence-electron chi connectivity index (χ1n) is 6.78. The van der Waals surface area contributed by atoms with Crippen LogP contribution >= 0.6 is 0 Å². The van der Waals surface area contributed by atoms with Gasteiger partial charge in [0.25, 0.3) is 5.92 Å². The van der Waals surface area contributed by atoms with Crippen LogP contribution in [0.3, 0.4) is 0 Å². The van der Waals surface area contributed by atoms with Gasteiger partial charge in [0.05, 0.1) is 16.7 Å². The van der Waals surface area contributed by atoms with Crippen molar-refractivity contribution in [1.29, 1.82) is 5.26 Å². The van der Waals surface area contributed by atoms with Gasteiger partial charge in [0.1, 0.15) is 17.6 Å². The van der Waals surface area contributed by atoms with Gasteiger partial charge in [-0.15, -0.1) is 0 Å². The van der Waals surface area contributed by atoms with Gasteiger partial charge in [0.2, 0.25) is 10.0 Å². The van der Waals surface area contributed by atoms with Crippen LogP contribution in [0.2, 0.25) is 0 Å². The highest BCUT2D eigenvalue weighted by Gasteiger charge is 2.42. The third-order valence-corrected chi connectivity index (χ3v) is 4.59. The molecule has 0 bridgehead atoms. The topological polar surface area (TPSA) is 106 Å². The minimum Gasteiger partial charge on any atom is -0.455 e. The Morgan fingerprint density at radius 1 is 1.25 bits per heavy atom. The van der Waals surface area contributed by atoms with Crippen LogP contribution in [0, 0.1) is 11.3 Å². The molecular weight excluding hydrogens is 340 g/mol. The van der Waals surface area contributed by atoms with Gasteiger partial charge in [-0.3, -0.25) is 4.98 Å². The molecule has 124 valence electrons. The van der Waals surface area contributed by atoms with Gasteiger partial charge in [0, 0.05) is 30.7 Å². The number of nitrogens with zero attached hydrogens (tertiary/aromatic N) is 2. The predicted molar refractivity (Wildman–Crippen MR) is 79.2 cm³/mol. The van der Waals surface area contributed by atoms with Gasteiger partial charge in [-0.1, -0.05) is 0 Å². The van der Waals surface area contributed by atoms with E-state index >= 15 is 0 Å². The summed E-state index contributed by atoms with van der Waals surface area (Å²) in [5.41, 5.74) is 0.300. The maximum Gasteiger partial charge on any atom is 0.256 e. The number of nitriles is 1. The van der Waals surface area contributed by atoms with Gasteiger partial charge in [-0.25, -0.2) is 22.3 Å². The van der Waals surface area contributed by atoms with E-state index in [1.807, 2.05) is 6.07 Å². The van der Waals surface area contributed by atoms with Crippen LogP contribution in [0.15, 0.2) is 35.5 Å². The Kier molecular flexibility index (Phi) is 3.74. The summed E-state index contributed by atoms with van der Waals surface area (Å²) in [7, 11) is -4.12. The van der Waals surface area contributed by atoms with E-state index in [-0.39, 0.29) is 33.1 Å². The molecule has 1 aromatic carbocycles. The number of halogens is 2. The summed E-state index contributed by atoms with van der Waals surface area (Å²) in [6.45, 7) is 0. The summed E-state index contributed by atoms with van der Waals surface area (Å²) >= 11 is 0. The van der Waals surface area contributed by atoms with Crippen LogP contribution < -0.4 is 9.88 Å². The highest BCUT2D eigenvalue weighted by Crippen LogP contribution is 2.43. The summed E-state index contributed by atoms with van der Waals surface area (Å²) in [5, 5.41) is 14.0.